The Morgan fingerprint density at radius 2 is 1.97 bits per heavy atom. The van der Waals surface area contributed by atoms with Gasteiger partial charge in [0.15, 0.2) is 0 Å². The van der Waals surface area contributed by atoms with Crippen LogP contribution in [0.1, 0.15) is 18.4 Å². The van der Waals surface area contributed by atoms with E-state index in [1.165, 1.54) is 12.4 Å². The summed E-state index contributed by atoms with van der Waals surface area (Å²) in [5, 5.41) is 13.6. The van der Waals surface area contributed by atoms with Gasteiger partial charge < -0.3 is 24.8 Å². The number of nitrogens with zero attached hydrogens (tertiary/aromatic N) is 3. The molecule has 1 amide bonds. The van der Waals surface area contributed by atoms with Crippen molar-refractivity contribution in [3.8, 4) is 11.5 Å². The minimum atomic E-state index is -0.512. The van der Waals surface area contributed by atoms with Crippen LogP contribution in [0.2, 0.25) is 5.02 Å². The first-order valence-corrected chi connectivity index (χ1v) is 12.6. The van der Waals surface area contributed by atoms with Gasteiger partial charge in [-0.2, -0.15) is 0 Å². The van der Waals surface area contributed by atoms with E-state index in [-0.39, 0.29) is 24.4 Å². The van der Waals surface area contributed by atoms with Gasteiger partial charge in [0.2, 0.25) is 5.91 Å². The molecule has 5 rings (SSSR count). The van der Waals surface area contributed by atoms with Crippen LogP contribution in [0.15, 0.2) is 67.0 Å². The van der Waals surface area contributed by atoms with Crippen LogP contribution in [0.5, 0.6) is 11.5 Å². The number of ether oxygens (including phenoxy) is 2. The molecule has 1 unspecified atom stereocenters. The van der Waals surface area contributed by atoms with Gasteiger partial charge in [-0.15, -0.1) is 0 Å². The number of anilines is 2. The fourth-order valence-corrected chi connectivity index (χ4v) is 4.75. The maximum atomic E-state index is 13.9. The molecule has 0 radical (unpaired) electrons. The normalized spacial score (nSPS) is 15.0. The van der Waals surface area contributed by atoms with Crippen LogP contribution in [0.25, 0.3) is 10.9 Å². The standard InChI is InChI=1S/C28H26ClFN4O4/c29-21-13-19(10-11-24(21)37-15-18-5-1-2-7-22(18)30)33-28-27-23(31-17-32-28)8-3-9-25(27)38-16-20-6-4-12-34(20)26(36)14-35/h1-3,5,7-11,13,17,20,35H,4,6,12,14-16H2,(H,31,32,33). The SMILES string of the molecule is O=C(CO)N1CCCC1COc1cccc2ncnc(Nc3ccc(OCc4ccccc4F)c(Cl)c3)c12. The molecule has 3 aromatic carbocycles. The number of aliphatic hydroxyl groups excluding tert-OH is 1. The Morgan fingerprint density at radius 1 is 1.11 bits per heavy atom. The first-order valence-electron chi connectivity index (χ1n) is 12.2. The number of carbonyl (C=O) groups excluding carboxylic acids is 1. The summed E-state index contributed by atoms with van der Waals surface area (Å²) in [5.74, 6) is 0.894. The number of aliphatic hydroxyl groups is 1. The van der Waals surface area contributed by atoms with Crippen molar-refractivity contribution in [1.82, 2.24) is 14.9 Å². The monoisotopic (exact) mass is 536 g/mol. The molecule has 2 N–H and O–H groups in total. The molecule has 0 saturated carbocycles. The van der Waals surface area contributed by atoms with Crippen molar-refractivity contribution >= 4 is 39.9 Å². The zero-order chi connectivity index (χ0) is 26.5. The van der Waals surface area contributed by atoms with Crippen LogP contribution >= 0.6 is 11.6 Å². The number of carbonyl (C=O) groups is 1. The molecule has 8 nitrogen and oxygen atoms in total. The molecule has 196 valence electrons. The Morgan fingerprint density at radius 3 is 2.79 bits per heavy atom. The van der Waals surface area contributed by atoms with E-state index in [0.717, 1.165) is 12.8 Å². The molecule has 1 aromatic heterocycles. The van der Waals surface area contributed by atoms with Crippen molar-refractivity contribution in [2.75, 3.05) is 25.1 Å². The topological polar surface area (TPSA) is 96.8 Å². The van der Waals surface area contributed by atoms with E-state index in [1.54, 1.807) is 41.3 Å². The van der Waals surface area contributed by atoms with Gasteiger partial charge in [0, 0.05) is 17.8 Å². The van der Waals surface area contributed by atoms with E-state index in [0.29, 0.717) is 57.6 Å². The Balaban J connectivity index is 1.33. The molecular weight excluding hydrogens is 511 g/mol. The largest absolute Gasteiger partial charge is 0.491 e. The Bertz CT molecular complexity index is 1450. The molecule has 1 saturated heterocycles. The molecule has 38 heavy (non-hydrogen) atoms. The zero-order valence-corrected chi connectivity index (χ0v) is 21.2. The molecule has 1 aliphatic heterocycles. The number of hydrogen-bond acceptors (Lipinski definition) is 7. The third kappa shape index (κ3) is 5.64. The molecule has 0 aliphatic carbocycles. The summed E-state index contributed by atoms with van der Waals surface area (Å²) in [7, 11) is 0. The number of fused-ring (bicyclic) bond motifs is 1. The fraction of sp³-hybridized carbons (Fsp3) is 0.250. The lowest BCUT2D eigenvalue weighted by atomic mass is 10.2. The average Bonchev–Trinajstić information content (AvgIpc) is 3.40. The fourth-order valence-electron chi connectivity index (χ4n) is 4.51. The highest BCUT2D eigenvalue weighted by Gasteiger charge is 2.29. The van der Waals surface area contributed by atoms with Crippen molar-refractivity contribution in [2.24, 2.45) is 0 Å². The summed E-state index contributed by atoms with van der Waals surface area (Å²) in [4.78, 5) is 22.5. The number of hydrogen-bond donors (Lipinski definition) is 2. The van der Waals surface area contributed by atoms with Crippen LogP contribution in [0.4, 0.5) is 15.9 Å². The second-order valence-corrected chi connectivity index (χ2v) is 9.28. The van der Waals surface area contributed by atoms with E-state index in [2.05, 4.69) is 15.3 Å². The zero-order valence-electron chi connectivity index (χ0n) is 20.4. The van der Waals surface area contributed by atoms with E-state index < -0.39 is 6.61 Å². The van der Waals surface area contributed by atoms with Gasteiger partial charge in [0.05, 0.1) is 22.0 Å². The van der Waals surface area contributed by atoms with Crippen LogP contribution in [0, 0.1) is 5.82 Å². The smallest absolute Gasteiger partial charge is 0.248 e. The van der Waals surface area contributed by atoms with Crippen LogP contribution in [-0.4, -0.2) is 51.7 Å². The summed E-state index contributed by atoms with van der Waals surface area (Å²) in [5.41, 5.74) is 1.79. The predicted molar refractivity (Wildman–Crippen MR) is 142 cm³/mol. The Hall–Kier alpha value is -3.95. The van der Waals surface area contributed by atoms with Crippen molar-refractivity contribution in [2.45, 2.75) is 25.5 Å². The minimum absolute atomic E-state index is 0.0543. The molecule has 1 fully saturated rings. The van der Waals surface area contributed by atoms with E-state index in [1.807, 2.05) is 18.2 Å². The summed E-state index contributed by atoms with van der Waals surface area (Å²) in [6, 6.07) is 17.0. The van der Waals surface area contributed by atoms with Gasteiger partial charge in [-0.25, -0.2) is 14.4 Å². The second-order valence-electron chi connectivity index (χ2n) is 8.88. The van der Waals surface area contributed by atoms with Crippen molar-refractivity contribution < 1.29 is 23.8 Å². The second kappa shape index (κ2) is 11.6. The van der Waals surface area contributed by atoms with E-state index in [4.69, 9.17) is 21.1 Å². The number of halogens is 2. The summed E-state index contributed by atoms with van der Waals surface area (Å²) < 4.78 is 25.8. The molecule has 4 aromatic rings. The average molecular weight is 537 g/mol. The first kappa shape index (κ1) is 25.7. The van der Waals surface area contributed by atoms with Gasteiger partial charge in [0.1, 0.15) is 49.3 Å². The van der Waals surface area contributed by atoms with Crippen molar-refractivity contribution in [3.05, 3.63) is 83.4 Å². The highest BCUT2D eigenvalue weighted by molar-refractivity contribution is 6.32. The lowest BCUT2D eigenvalue weighted by molar-refractivity contribution is -0.135. The number of amides is 1. The lowest BCUT2D eigenvalue weighted by Crippen LogP contribution is -2.40. The molecule has 10 heteroatoms. The van der Waals surface area contributed by atoms with Crippen LogP contribution in [0.3, 0.4) is 0 Å². The van der Waals surface area contributed by atoms with Crippen molar-refractivity contribution in [1.29, 1.82) is 0 Å². The maximum absolute atomic E-state index is 13.9. The molecule has 1 atom stereocenters. The third-order valence-corrected chi connectivity index (χ3v) is 6.72. The van der Waals surface area contributed by atoms with Gasteiger partial charge in [-0.05, 0) is 49.2 Å². The predicted octanol–water partition coefficient (Wildman–Crippen LogP) is 5.11. The third-order valence-electron chi connectivity index (χ3n) is 6.42. The molecule has 0 bridgehead atoms. The van der Waals surface area contributed by atoms with Gasteiger partial charge in [0.25, 0.3) is 0 Å². The lowest BCUT2D eigenvalue weighted by Gasteiger charge is -2.24. The number of benzene rings is 3. The minimum Gasteiger partial charge on any atom is -0.491 e. The molecule has 1 aliphatic rings. The Kier molecular flexibility index (Phi) is 7.86. The van der Waals surface area contributed by atoms with E-state index >= 15 is 0 Å². The number of nitrogens with one attached hydrogen (secondary N) is 1. The van der Waals surface area contributed by atoms with Crippen molar-refractivity contribution in [3.63, 3.8) is 0 Å². The maximum Gasteiger partial charge on any atom is 0.248 e. The number of likely N-dealkylation sites (tertiary alicyclic amines) is 1. The van der Waals surface area contributed by atoms with Gasteiger partial charge >= 0.3 is 0 Å². The molecule has 2 heterocycles. The number of rotatable bonds is 9. The summed E-state index contributed by atoms with van der Waals surface area (Å²) >= 11 is 6.46. The van der Waals surface area contributed by atoms with Crippen LogP contribution in [-0.2, 0) is 11.4 Å². The quantitative estimate of drug-likeness (QED) is 0.307. The van der Waals surface area contributed by atoms with Gasteiger partial charge in [-0.3, -0.25) is 4.79 Å². The van der Waals surface area contributed by atoms with Gasteiger partial charge in [-0.1, -0.05) is 35.9 Å². The Labute approximate surface area is 224 Å². The van der Waals surface area contributed by atoms with Crippen LogP contribution < -0.4 is 14.8 Å². The highest BCUT2D eigenvalue weighted by Crippen LogP contribution is 2.34. The summed E-state index contributed by atoms with van der Waals surface area (Å²) in [6.45, 7) is 0.444. The first-order chi connectivity index (χ1) is 18.5. The number of aromatic nitrogens is 2. The molecule has 0 spiro atoms. The summed E-state index contributed by atoms with van der Waals surface area (Å²) in [6.07, 6.45) is 3.13. The van der Waals surface area contributed by atoms with E-state index in [9.17, 15) is 14.3 Å². The highest BCUT2D eigenvalue weighted by atomic mass is 35.5. The molecular formula is C28H26ClFN4O4.